The van der Waals surface area contributed by atoms with Crippen molar-refractivity contribution in [3.8, 4) is 0 Å². The maximum absolute atomic E-state index is 11.5. The van der Waals surface area contributed by atoms with E-state index in [1.54, 1.807) is 11.7 Å². The fourth-order valence-corrected chi connectivity index (χ4v) is 2.58. The van der Waals surface area contributed by atoms with E-state index in [9.17, 15) is 10.1 Å². The summed E-state index contributed by atoms with van der Waals surface area (Å²) < 4.78 is 1.68. The minimum Gasteiger partial charge on any atom is -0.313 e. The number of aryl methyl sites for hydroxylation is 2. The molecule has 0 spiro atoms. The van der Waals surface area contributed by atoms with Crippen LogP contribution < -0.4 is 5.32 Å². The van der Waals surface area contributed by atoms with E-state index in [-0.39, 0.29) is 22.1 Å². The number of rotatable bonds is 7. The van der Waals surface area contributed by atoms with E-state index in [4.69, 9.17) is 0 Å². The molecule has 21 heavy (non-hydrogen) atoms. The number of hydrogen-bond acceptors (Lipinski definition) is 4. The largest absolute Gasteiger partial charge is 0.313 e. The second-order valence-electron chi connectivity index (χ2n) is 6.55. The number of likely N-dealkylation sites (N-methyl/N-ethyl adjacent to an activating group) is 1. The zero-order valence-electron chi connectivity index (χ0n) is 14.1. The van der Waals surface area contributed by atoms with Crippen LogP contribution >= 0.6 is 0 Å². The highest BCUT2D eigenvalue weighted by Gasteiger charge is 2.31. The number of nitrogens with one attached hydrogen (secondary N) is 1. The minimum atomic E-state index is -0.279. The molecule has 0 saturated heterocycles. The molecule has 0 aliphatic carbocycles. The van der Waals surface area contributed by atoms with Gasteiger partial charge in [0.15, 0.2) is 0 Å². The van der Waals surface area contributed by atoms with Gasteiger partial charge in [0.25, 0.3) is 0 Å². The lowest BCUT2D eigenvalue weighted by Gasteiger charge is -2.31. The molecule has 0 aliphatic rings. The molecular weight excluding hydrogens is 268 g/mol. The van der Waals surface area contributed by atoms with Crippen molar-refractivity contribution in [1.82, 2.24) is 15.1 Å². The van der Waals surface area contributed by atoms with E-state index in [0.717, 1.165) is 13.0 Å². The second kappa shape index (κ2) is 7.02. The van der Waals surface area contributed by atoms with Gasteiger partial charge in [-0.05, 0) is 18.4 Å². The first-order valence-electron chi connectivity index (χ1n) is 7.64. The highest BCUT2D eigenvalue weighted by atomic mass is 16.6. The summed E-state index contributed by atoms with van der Waals surface area (Å²) in [5.41, 5.74) is 1.54. The Hall–Kier alpha value is -1.43. The summed E-state index contributed by atoms with van der Waals surface area (Å²) in [5, 5.41) is 19.3. The fraction of sp³-hybridized carbons (Fsp3) is 0.800. The fourth-order valence-electron chi connectivity index (χ4n) is 2.58. The smallest absolute Gasteiger partial charge is 0.313 e. The Morgan fingerprint density at radius 1 is 1.38 bits per heavy atom. The van der Waals surface area contributed by atoms with Gasteiger partial charge in [-0.1, -0.05) is 41.0 Å². The number of nitrogens with zero attached hydrogens (tertiary/aromatic N) is 3. The van der Waals surface area contributed by atoms with E-state index in [1.807, 2.05) is 6.92 Å². The molecule has 120 valence electrons. The first kappa shape index (κ1) is 17.6. The van der Waals surface area contributed by atoms with Crippen LogP contribution in [-0.2, 0) is 19.9 Å². The topological polar surface area (TPSA) is 73.0 Å². The van der Waals surface area contributed by atoms with Crippen molar-refractivity contribution in [2.45, 2.75) is 59.9 Å². The monoisotopic (exact) mass is 296 g/mol. The summed E-state index contributed by atoms with van der Waals surface area (Å²) in [7, 11) is 1.80. The van der Waals surface area contributed by atoms with Gasteiger partial charge in [-0.15, -0.1) is 0 Å². The molecule has 0 radical (unpaired) electrons. The Morgan fingerprint density at radius 3 is 2.43 bits per heavy atom. The molecular formula is C15H28N4O2. The van der Waals surface area contributed by atoms with Crippen LogP contribution in [0, 0.1) is 15.5 Å². The molecule has 1 atom stereocenters. The van der Waals surface area contributed by atoms with Crippen LogP contribution in [0.2, 0.25) is 0 Å². The van der Waals surface area contributed by atoms with Crippen LogP contribution in [-0.4, -0.2) is 27.3 Å². The third-order valence-electron chi connectivity index (χ3n) is 3.77. The average Bonchev–Trinajstić information content (AvgIpc) is 2.64. The van der Waals surface area contributed by atoms with Crippen molar-refractivity contribution in [3.63, 3.8) is 0 Å². The molecule has 0 bridgehead atoms. The summed E-state index contributed by atoms with van der Waals surface area (Å²) in [6, 6.07) is 0.172. The number of aromatic nitrogens is 2. The van der Waals surface area contributed by atoms with Crippen LogP contribution in [0.4, 0.5) is 5.69 Å². The van der Waals surface area contributed by atoms with Crippen LogP contribution in [0.5, 0.6) is 0 Å². The van der Waals surface area contributed by atoms with Crippen LogP contribution in [0.1, 0.15) is 52.4 Å². The molecule has 1 aromatic rings. The SMILES string of the molecule is CCCc1nn(C)c(CC(NCC)C(C)(C)C)c1[N+](=O)[O-]. The maximum atomic E-state index is 11.5. The second-order valence-corrected chi connectivity index (χ2v) is 6.55. The molecule has 1 rings (SSSR count). The Bertz CT molecular complexity index is 489. The van der Waals surface area contributed by atoms with E-state index < -0.39 is 0 Å². The van der Waals surface area contributed by atoms with Crippen LogP contribution in [0.15, 0.2) is 0 Å². The van der Waals surface area contributed by atoms with Gasteiger partial charge in [0.2, 0.25) is 0 Å². The Kier molecular flexibility index (Phi) is 5.89. The van der Waals surface area contributed by atoms with E-state index >= 15 is 0 Å². The lowest BCUT2D eigenvalue weighted by atomic mass is 9.83. The summed E-state index contributed by atoms with van der Waals surface area (Å²) >= 11 is 0. The summed E-state index contributed by atoms with van der Waals surface area (Å²) in [6.45, 7) is 11.4. The molecule has 0 aliphatic heterocycles. The van der Waals surface area contributed by atoms with Crippen molar-refractivity contribution >= 4 is 5.69 Å². The van der Waals surface area contributed by atoms with Crippen LogP contribution in [0.25, 0.3) is 0 Å². The third-order valence-corrected chi connectivity index (χ3v) is 3.77. The van der Waals surface area contributed by atoms with E-state index in [0.29, 0.717) is 24.2 Å². The summed E-state index contributed by atoms with van der Waals surface area (Å²) in [4.78, 5) is 11.2. The lowest BCUT2D eigenvalue weighted by Crippen LogP contribution is -2.42. The number of hydrogen-bond donors (Lipinski definition) is 1. The summed E-state index contributed by atoms with van der Waals surface area (Å²) in [6.07, 6.45) is 2.11. The summed E-state index contributed by atoms with van der Waals surface area (Å²) in [5.74, 6) is 0. The zero-order valence-corrected chi connectivity index (χ0v) is 14.1. The van der Waals surface area contributed by atoms with Crippen molar-refractivity contribution in [2.24, 2.45) is 12.5 Å². The minimum absolute atomic E-state index is 0.0269. The molecule has 1 N–H and O–H groups in total. The van der Waals surface area contributed by atoms with Gasteiger partial charge in [0.05, 0.1) is 4.92 Å². The Morgan fingerprint density at radius 2 is 2.00 bits per heavy atom. The molecule has 0 fully saturated rings. The average molecular weight is 296 g/mol. The molecule has 1 aromatic heterocycles. The van der Waals surface area contributed by atoms with Gasteiger partial charge in [0.1, 0.15) is 11.4 Å². The quantitative estimate of drug-likeness (QED) is 0.620. The molecule has 1 unspecified atom stereocenters. The van der Waals surface area contributed by atoms with Gasteiger partial charge in [0, 0.05) is 19.5 Å². The Balaban J connectivity index is 3.19. The van der Waals surface area contributed by atoms with Crippen molar-refractivity contribution in [1.29, 1.82) is 0 Å². The normalized spacial score (nSPS) is 13.4. The standard InChI is InChI=1S/C15H28N4O2/c1-7-9-11-14(19(20)21)12(18(6)17-11)10-13(16-8-2)15(3,4)5/h13,16H,7-10H2,1-6H3. The highest BCUT2D eigenvalue weighted by Crippen LogP contribution is 2.29. The predicted octanol–water partition coefficient (Wildman–Crippen LogP) is 2.85. The first-order valence-corrected chi connectivity index (χ1v) is 7.64. The molecule has 6 nitrogen and oxygen atoms in total. The van der Waals surface area contributed by atoms with Gasteiger partial charge >= 0.3 is 5.69 Å². The molecule has 0 aromatic carbocycles. The lowest BCUT2D eigenvalue weighted by molar-refractivity contribution is -0.386. The Labute approximate surface area is 127 Å². The van der Waals surface area contributed by atoms with Gasteiger partial charge in [-0.25, -0.2) is 0 Å². The van der Waals surface area contributed by atoms with Crippen LogP contribution in [0.3, 0.4) is 0 Å². The molecule has 0 saturated carbocycles. The first-order chi connectivity index (χ1) is 9.72. The maximum Gasteiger partial charge on any atom is 0.313 e. The molecule has 6 heteroatoms. The van der Waals surface area contributed by atoms with E-state index in [1.165, 1.54) is 0 Å². The molecule has 0 amide bonds. The predicted molar refractivity (Wildman–Crippen MR) is 84.5 cm³/mol. The van der Waals surface area contributed by atoms with Gasteiger partial charge < -0.3 is 5.32 Å². The zero-order chi connectivity index (χ0) is 16.2. The van der Waals surface area contributed by atoms with Gasteiger partial charge in [-0.2, -0.15) is 5.10 Å². The van der Waals surface area contributed by atoms with Crippen molar-refractivity contribution in [3.05, 3.63) is 21.5 Å². The highest BCUT2D eigenvalue weighted by molar-refractivity contribution is 5.42. The third kappa shape index (κ3) is 4.27. The molecule has 1 heterocycles. The van der Waals surface area contributed by atoms with E-state index in [2.05, 4.69) is 38.1 Å². The number of nitro groups is 1. The van der Waals surface area contributed by atoms with Gasteiger partial charge in [-0.3, -0.25) is 14.8 Å². The van der Waals surface area contributed by atoms with Crippen molar-refractivity contribution < 1.29 is 4.92 Å². The van der Waals surface area contributed by atoms with Crippen molar-refractivity contribution in [2.75, 3.05) is 6.54 Å².